The maximum atomic E-state index is 12.8. The number of hydrogen-bond acceptors (Lipinski definition) is 2. The second-order valence-corrected chi connectivity index (χ2v) is 2.90. The first-order chi connectivity index (χ1) is 4.70. The molecule has 2 unspecified atom stereocenters. The maximum Gasteiger partial charge on any atom is 0.140 e. The third-order valence-corrected chi connectivity index (χ3v) is 1.54. The molecule has 1 fully saturated rings. The monoisotopic (exact) mass is 147 g/mol. The van der Waals surface area contributed by atoms with Crippen molar-refractivity contribution in [3.05, 3.63) is 0 Å². The van der Waals surface area contributed by atoms with E-state index in [4.69, 9.17) is 4.74 Å². The third-order valence-electron chi connectivity index (χ3n) is 1.54. The molecule has 0 aromatic heterocycles. The molecule has 1 rings (SSSR count). The van der Waals surface area contributed by atoms with Gasteiger partial charge in [-0.1, -0.05) is 0 Å². The van der Waals surface area contributed by atoms with Crippen LogP contribution in [0.3, 0.4) is 0 Å². The molecule has 0 aromatic rings. The normalized spacial score (nSPS) is 33.6. The number of ether oxygens (including phenoxy) is 1. The van der Waals surface area contributed by atoms with Crippen LogP contribution in [-0.2, 0) is 4.74 Å². The van der Waals surface area contributed by atoms with Gasteiger partial charge < -0.3 is 10.1 Å². The van der Waals surface area contributed by atoms with Crippen LogP contribution in [0.5, 0.6) is 0 Å². The summed E-state index contributed by atoms with van der Waals surface area (Å²) in [5, 5.41) is 2.93. The molecular weight excluding hydrogens is 133 g/mol. The van der Waals surface area contributed by atoms with Gasteiger partial charge in [-0.15, -0.1) is 0 Å². The molecule has 0 bridgehead atoms. The first-order valence-electron chi connectivity index (χ1n) is 3.70. The third kappa shape index (κ3) is 1.92. The van der Waals surface area contributed by atoms with Gasteiger partial charge in [-0.3, -0.25) is 0 Å². The van der Waals surface area contributed by atoms with Gasteiger partial charge in [0.25, 0.3) is 0 Å². The number of rotatable bonds is 2. The standard InChI is InChI=1S/C7H14FNO/c1-5(2)10-7-4-9-3-6(7)8/h5-7,9H,3-4H2,1-2H3. The van der Waals surface area contributed by atoms with Gasteiger partial charge in [0, 0.05) is 13.1 Å². The van der Waals surface area contributed by atoms with E-state index in [1.54, 1.807) is 0 Å². The van der Waals surface area contributed by atoms with Gasteiger partial charge in [0.2, 0.25) is 0 Å². The fourth-order valence-corrected chi connectivity index (χ4v) is 1.11. The van der Waals surface area contributed by atoms with Crippen LogP contribution in [0.15, 0.2) is 0 Å². The van der Waals surface area contributed by atoms with Crippen LogP contribution < -0.4 is 5.32 Å². The predicted octanol–water partition coefficient (Wildman–Crippen LogP) is 0.721. The van der Waals surface area contributed by atoms with Gasteiger partial charge in [-0.2, -0.15) is 0 Å². The summed E-state index contributed by atoms with van der Waals surface area (Å²) >= 11 is 0. The Hall–Kier alpha value is -0.150. The molecule has 1 aliphatic heterocycles. The number of hydrogen-bond donors (Lipinski definition) is 1. The second-order valence-electron chi connectivity index (χ2n) is 2.90. The minimum Gasteiger partial charge on any atom is -0.371 e. The molecular formula is C7H14FNO. The molecule has 0 saturated carbocycles. The smallest absolute Gasteiger partial charge is 0.140 e. The lowest BCUT2D eigenvalue weighted by Gasteiger charge is -2.15. The highest BCUT2D eigenvalue weighted by Crippen LogP contribution is 2.10. The number of nitrogens with one attached hydrogen (secondary N) is 1. The van der Waals surface area contributed by atoms with Crippen molar-refractivity contribution >= 4 is 0 Å². The summed E-state index contributed by atoms with van der Waals surface area (Å²) in [6.07, 6.45) is -0.912. The van der Waals surface area contributed by atoms with E-state index >= 15 is 0 Å². The molecule has 0 radical (unpaired) electrons. The van der Waals surface area contributed by atoms with Gasteiger partial charge in [0.15, 0.2) is 0 Å². The van der Waals surface area contributed by atoms with Crippen molar-refractivity contribution in [1.82, 2.24) is 5.32 Å². The van der Waals surface area contributed by atoms with Crippen molar-refractivity contribution in [1.29, 1.82) is 0 Å². The van der Waals surface area contributed by atoms with Crippen molar-refractivity contribution in [2.24, 2.45) is 0 Å². The van der Waals surface area contributed by atoms with Gasteiger partial charge >= 0.3 is 0 Å². The maximum absolute atomic E-state index is 12.8. The summed E-state index contributed by atoms with van der Waals surface area (Å²) in [6, 6.07) is 0. The average Bonchev–Trinajstić information content (AvgIpc) is 2.15. The fourth-order valence-electron chi connectivity index (χ4n) is 1.11. The zero-order valence-corrected chi connectivity index (χ0v) is 6.43. The van der Waals surface area contributed by atoms with Crippen molar-refractivity contribution in [2.45, 2.75) is 32.2 Å². The highest BCUT2D eigenvalue weighted by Gasteiger charge is 2.27. The zero-order chi connectivity index (χ0) is 7.56. The molecule has 0 aromatic carbocycles. The number of alkyl halides is 1. The van der Waals surface area contributed by atoms with Gasteiger partial charge in [-0.25, -0.2) is 4.39 Å². The topological polar surface area (TPSA) is 21.3 Å². The molecule has 1 saturated heterocycles. The fraction of sp³-hybridized carbons (Fsp3) is 1.00. The molecule has 3 heteroatoms. The molecule has 1 N–H and O–H groups in total. The Labute approximate surface area is 60.8 Å². The van der Waals surface area contributed by atoms with E-state index in [2.05, 4.69) is 5.32 Å². The minimum absolute atomic E-state index is 0.128. The first kappa shape index (κ1) is 7.95. The molecule has 0 aliphatic carbocycles. The van der Waals surface area contributed by atoms with E-state index in [1.807, 2.05) is 13.8 Å². The largest absolute Gasteiger partial charge is 0.371 e. The Balaban J connectivity index is 2.26. The van der Waals surface area contributed by atoms with Gasteiger partial charge in [-0.05, 0) is 13.8 Å². The molecule has 2 atom stereocenters. The van der Waals surface area contributed by atoms with Gasteiger partial charge in [0.1, 0.15) is 12.3 Å². The highest BCUT2D eigenvalue weighted by molar-refractivity contribution is 4.81. The van der Waals surface area contributed by atoms with E-state index in [0.29, 0.717) is 13.1 Å². The SMILES string of the molecule is CC(C)OC1CNCC1F. The van der Waals surface area contributed by atoms with Crippen LogP contribution in [-0.4, -0.2) is 31.5 Å². The highest BCUT2D eigenvalue weighted by atomic mass is 19.1. The minimum atomic E-state index is -0.817. The van der Waals surface area contributed by atoms with E-state index in [0.717, 1.165) is 0 Å². The Kier molecular flexibility index (Phi) is 2.63. The average molecular weight is 147 g/mol. The van der Waals surface area contributed by atoms with Crippen LogP contribution in [0, 0.1) is 0 Å². The summed E-state index contributed by atoms with van der Waals surface area (Å²) in [6.45, 7) is 4.94. The first-order valence-corrected chi connectivity index (χ1v) is 3.70. The Morgan fingerprint density at radius 3 is 2.60 bits per heavy atom. The van der Waals surface area contributed by atoms with Crippen LogP contribution in [0.2, 0.25) is 0 Å². The molecule has 1 aliphatic rings. The van der Waals surface area contributed by atoms with Crippen molar-refractivity contribution < 1.29 is 9.13 Å². The van der Waals surface area contributed by atoms with E-state index in [1.165, 1.54) is 0 Å². The summed E-state index contributed by atoms with van der Waals surface area (Å²) in [5.41, 5.74) is 0. The lowest BCUT2D eigenvalue weighted by molar-refractivity contribution is -0.0135. The van der Waals surface area contributed by atoms with Crippen LogP contribution in [0.25, 0.3) is 0 Å². The van der Waals surface area contributed by atoms with Crippen LogP contribution in [0.1, 0.15) is 13.8 Å². The lowest BCUT2D eigenvalue weighted by Crippen LogP contribution is -2.26. The molecule has 2 nitrogen and oxygen atoms in total. The summed E-state index contributed by atoms with van der Waals surface area (Å²) in [5.74, 6) is 0. The predicted molar refractivity (Wildman–Crippen MR) is 37.8 cm³/mol. The Bertz CT molecular complexity index is 108. The van der Waals surface area contributed by atoms with E-state index < -0.39 is 6.17 Å². The van der Waals surface area contributed by atoms with Crippen molar-refractivity contribution in [2.75, 3.05) is 13.1 Å². The number of halogens is 1. The molecule has 0 spiro atoms. The molecule has 0 amide bonds. The van der Waals surface area contributed by atoms with Gasteiger partial charge in [0.05, 0.1) is 6.10 Å². The summed E-state index contributed by atoms with van der Waals surface area (Å²) in [4.78, 5) is 0. The lowest BCUT2D eigenvalue weighted by atomic mass is 10.3. The van der Waals surface area contributed by atoms with Crippen molar-refractivity contribution in [3.63, 3.8) is 0 Å². The second kappa shape index (κ2) is 3.30. The Morgan fingerprint density at radius 1 is 1.50 bits per heavy atom. The zero-order valence-electron chi connectivity index (χ0n) is 6.43. The molecule has 1 heterocycles. The molecule has 60 valence electrons. The van der Waals surface area contributed by atoms with Crippen LogP contribution in [0.4, 0.5) is 4.39 Å². The molecule has 10 heavy (non-hydrogen) atoms. The van der Waals surface area contributed by atoms with Crippen molar-refractivity contribution in [3.8, 4) is 0 Å². The van der Waals surface area contributed by atoms with E-state index in [-0.39, 0.29) is 12.2 Å². The summed E-state index contributed by atoms with van der Waals surface area (Å²) in [7, 11) is 0. The Morgan fingerprint density at radius 2 is 2.20 bits per heavy atom. The van der Waals surface area contributed by atoms with E-state index in [9.17, 15) is 4.39 Å². The quantitative estimate of drug-likeness (QED) is 0.621. The summed E-state index contributed by atoms with van der Waals surface area (Å²) < 4.78 is 18.0. The van der Waals surface area contributed by atoms with Crippen LogP contribution >= 0.6 is 0 Å².